The van der Waals surface area contributed by atoms with Crippen LogP contribution in [-0.2, 0) is 0 Å². The third kappa shape index (κ3) is 4.74. The van der Waals surface area contributed by atoms with Crippen molar-refractivity contribution in [3.8, 4) is 5.75 Å². The Balaban J connectivity index is 1.76. The minimum atomic E-state index is -0.940. The van der Waals surface area contributed by atoms with Gasteiger partial charge in [-0.3, -0.25) is 0 Å². The third-order valence-corrected chi connectivity index (χ3v) is 3.94. The second-order valence-corrected chi connectivity index (χ2v) is 6.21. The van der Waals surface area contributed by atoms with Crippen molar-refractivity contribution >= 4 is 5.97 Å². The maximum atomic E-state index is 11.1. The molecule has 21 heavy (non-hydrogen) atoms. The lowest BCUT2D eigenvalue weighted by Gasteiger charge is -2.34. The predicted molar refractivity (Wildman–Crippen MR) is 82.9 cm³/mol. The Morgan fingerprint density at radius 1 is 1.29 bits per heavy atom. The van der Waals surface area contributed by atoms with Gasteiger partial charge in [0.25, 0.3) is 0 Å². The van der Waals surface area contributed by atoms with E-state index in [1.54, 1.807) is 24.3 Å². The highest BCUT2D eigenvalue weighted by Crippen LogP contribution is 2.21. The Morgan fingerprint density at radius 2 is 1.95 bits per heavy atom. The average molecular weight is 291 g/mol. The number of para-hydroxylation sites is 1. The van der Waals surface area contributed by atoms with Gasteiger partial charge in [0, 0.05) is 19.6 Å². The first-order valence-electron chi connectivity index (χ1n) is 7.73. The van der Waals surface area contributed by atoms with E-state index in [1.807, 2.05) is 0 Å². The second-order valence-electron chi connectivity index (χ2n) is 6.21. The Labute approximate surface area is 126 Å². The van der Waals surface area contributed by atoms with Gasteiger partial charge in [0.2, 0.25) is 0 Å². The summed E-state index contributed by atoms with van der Waals surface area (Å²) in [5.74, 6) is 1.06. The highest BCUT2D eigenvalue weighted by molar-refractivity contribution is 5.90. The summed E-state index contributed by atoms with van der Waals surface area (Å²) >= 11 is 0. The van der Waals surface area contributed by atoms with E-state index >= 15 is 0 Å². The predicted octanol–water partition coefficient (Wildman–Crippen LogP) is 3.13. The number of carboxylic acid groups (broad SMARTS) is 1. The van der Waals surface area contributed by atoms with Gasteiger partial charge in [-0.2, -0.15) is 0 Å². The molecule has 1 aromatic rings. The number of aromatic carboxylic acids is 1. The van der Waals surface area contributed by atoms with E-state index in [0.29, 0.717) is 12.4 Å². The first-order chi connectivity index (χ1) is 10.1. The summed E-state index contributed by atoms with van der Waals surface area (Å²) in [6.45, 7) is 8.52. The van der Waals surface area contributed by atoms with Gasteiger partial charge in [0.15, 0.2) is 0 Å². The van der Waals surface area contributed by atoms with Gasteiger partial charge in [-0.05, 0) is 36.8 Å². The van der Waals surface area contributed by atoms with Gasteiger partial charge < -0.3 is 14.7 Å². The number of hydrogen-bond acceptors (Lipinski definition) is 3. The van der Waals surface area contributed by atoms with Crippen molar-refractivity contribution in [1.29, 1.82) is 0 Å². The SMILES string of the molecule is C[C@@H]1C[C@H](C)CN(CCCOc2ccccc2C(=O)O)C1. The molecular formula is C17H25NO3. The molecule has 1 fully saturated rings. The summed E-state index contributed by atoms with van der Waals surface area (Å²) in [5.41, 5.74) is 0.234. The number of benzene rings is 1. The second kappa shape index (κ2) is 7.46. The number of piperidine rings is 1. The molecule has 0 unspecified atom stereocenters. The minimum Gasteiger partial charge on any atom is -0.493 e. The molecule has 1 aromatic carbocycles. The van der Waals surface area contributed by atoms with Crippen molar-refractivity contribution < 1.29 is 14.6 Å². The summed E-state index contributed by atoms with van der Waals surface area (Å²) in [6, 6.07) is 6.81. The van der Waals surface area contributed by atoms with Crippen molar-refractivity contribution in [3.63, 3.8) is 0 Å². The summed E-state index contributed by atoms with van der Waals surface area (Å²) < 4.78 is 5.64. The molecule has 1 saturated heterocycles. The van der Waals surface area contributed by atoms with E-state index in [9.17, 15) is 4.79 Å². The van der Waals surface area contributed by atoms with E-state index in [4.69, 9.17) is 9.84 Å². The molecule has 0 radical (unpaired) electrons. The zero-order chi connectivity index (χ0) is 15.2. The normalized spacial score (nSPS) is 23.0. The molecule has 0 saturated carbocycles. The first kappa shape index (κ1) is 15.8. The molecule has 1 heterocycles. The number of ether oxygens (including phenoxy) is 1. The summed E-state index contributed by atoms with van der Waals surface area (Å²) in [6.07, 6.45) is 2.24. The Kier molecular flexibility index (Phi) is 5.62. The van der Waals surface area contributed by atoms with E-state index < -0.39 is 5.97 Å². The molecule has 2 atom stereocenters. The smallest absolute Gasteiger partial charge is 0.339 e. The lowest BCUT2D eigenvalue weighted by molar-refractivity contribution is 0.0691. The van der Waals surface area contributed by atoms with Crippen LogP contribution in [0.4, 0.5) is 0 Å². The van der Waals surface area contributed by atoms with Gasteiger partial charge in [0.1, 0.15) is 11.3 Å². The fourth-order valence-corrected chi connectivity index (χ4v) is 3.21. The summed E-state index contributed by atoms with van der Waals surface area (Å²) in [4.78, 5) is 13.6. The van der Waals surface area contributed by atoms with Gasteiger partial charge in [-0.15, -0.1) is 0 Å². The Morgan fingerprint density at radius 3 is 2.62 bits per heavy atom. The van der Waals surface area contributed by atoms with E-state index in [-0.39, 0.29) is 5.56 Å². The van der Waals surface area contributed by atoms with Crippen LogP contribution in [0.5, 0.6) is 5.75 Å². The number of rotatable bonds is 6. The molecule has 2 rings (SSSR count). The first-order valence-corrected chi connectivity index (χ1v) is 7.73. The average Bonchev–Trinajstić information content (AvgIpc) is 2.43. The molecule has 0 aliphatic carbocycles. The standard InChI is InChI=1S/C17H25NO3/c1-13-10-14(2)12-18(11-13)8-5-9-21-16-7-4-3-6-15(16)17(19)20/h3-4,6-7,13-14H,5,8-12H2,1-2H3,(H,19,20)/t13-,14+. The van der Waals surface area contributed by atoms with Gasteiger partial charge in [-0.25, -0.2) is 4.79 Å². The molecular weight excluding hydrogens is 266 g/mol. The number of carbonyl (C=O) groups is 1. The highest BCUT2D eigenvalue weighted by atomic mass is 16.5. The van der Waals surface area contributed by atoms with Crippen LogP contribution in [0.2, 0.25) is 0 Å². The summed E-state index contributed by atoms with van der Waals surface area (Å²) in [7, 11) is 0. The van der Waals surface area contributed by atoms with Crippen LogP contribution in [-0.4, -0.2) is 42.2 Å². The molecule has 4 heteroatoms. The highest BCUT2D eigenvalue weighted by Gasteiger charge is 2.21. The summed E-state index contributed by atoms with van der Waals surface area (Å²) in [5, 5.41) is 9.10. The molecule has 0 bridgehead atoms. The topological polar surface area (TPSA) is 49.8 Å². The van der Waals surface area contributed by atoms with Crippen molar-refractivity contribution in [3.05, 3.63) is 29.8 Å². The molecule has 0 spiro atoms. The van der Waals surface area contributed by atoms with E-state index in [1.165, 1.54) is 6.42 Å². The Bertz CT molecular complexity index is 465. The lowest BCUT2D eigenvalue weighted by atomic mass is 9.92. The molecule has 4 nitrogen and oxygen atoms in total. The zero-order valence-electron chi connectivity index (χ0n) is 12.9. The van der Waals surface area contributed by atoms with Crippen LogP contribution in [0, 0.1) is 11.8 Å². The van der Waals surface area contributed by atoms with Crippen LogP contribution in [0.3, 0.4) is 0 Å². The maximum absolute atomic E-state index is 11.1. The van der Waals surface area contributed by atoms with E-state index in [2.05, 4.69) is 18.7 Å². The maximum Gasteiger partial charge on any atom is 0.339 e. The van der Waals surface area contributed by atoms with Crippen LogP contribution < -0.4 is 4.74 Å². The molecule has 0 aromatic heterocycles. The molecule has 0 amide bonds. The van der Waals surface area contributed by atoms with Crippen molar-refractivity contribution in [2.24, 2.45) is 11.8 Å². The monoisotopic (exact) mass is 291 g/mol. The molecule has 116 valence electrons. The largest absolute Gasteiger partial charge is 0.493 e. The number of hydrogen-bond donors (Lipinski definition) is 1. The fourth-order valence-electron chi connectivity index (χ4n) is 3.21. The van der Waals surface area contributed by atoms with Gasteiger partial charge >= 0.3 is 5.97 Å². The number of carboxylic acids is 1. The third-order valence-electron chi connectivity index (χ3n) is 3.94. The molecule has 1 aliphatic rings. The quantitative estimate of drug-likeness (QED) is 0.818. The minimum absolute atomic E-state index is 0.234. The lowest BCUT2D eigenvalue weighted by Crippen LogP contribution is -2.39. The Hall–Kier alpha value is -1.55. The zero-order valence-corrected chi connectivity index (χ0v) is 12.9. The van der Waals surface area contributed by atoms with Crippen LogP contribution in [0.1, 0.15) is 37.0 Å². The number of nitrogens with zero attached hydrogens (tertiary/aromatic N) is 1. The van der Waals surface area contributed by atoms with Crippen LogP contribution in [0.15, 0.2) is 24.3 Å². The molecule has 1 N–H and O–H groups in total. The van der Waals surface area contributed by atoms with Crippen molar-refractivity contribution in [2.75, 3.05) is 26.2 Å². The number of likely N-dealkylation sites (tertiary alicyclic amines) is 1. The van der Waals surface area contributed by atoms with Crippen LogP contribution in [0.25, 0.3) is 0 Å². The van der Waals surface area contributed by atoms with Crippen molar-refractivity contribution in [1.82, 2.24) is 4.90 Å². The fraction of sp³-hybridized carbons (Fsp3) is 0.588. The molecule has 1 aliphatic heterocycles. The van der Waals surface area contributed by atoms with E-state index in [0.717, 1.165) is 37.9 Å². The van der Waals surface area contributed by atoms with Gasteiger partial charge in [-0.1, -0.05) is 26.0 Å². The van der Waals surface area contributed by atoms with Gasteiger partial charge in [0.05, 0.1) is 6.61 Å². The van der Waals surface area contributed by atoms with Crippen LogP contribution >= 0.6 is 0 Å². The van der Waals surface area contributed by atoms with Crippen molar-refractivity contribution in [2.45, 2.75) is 26.7 Å².